The number of amides is 4. The van der Waals surface area contributed by atoms with Gasteiger partial charge in [0.15, 0.2) is 9.84 Å². The molecule has 2 N–H and O–H groups in total. The molecule has 0 spiro atoms. The SMILES string of the molecule is C=CCN1CC(=O)N2[C@@H](Cc3ccc(O)cc3)C(=O)N(Cc3ccccc3S(C)(=O)=O)C[C@@H]2N1C(=O)NCc1ccccn1. The van der Waals surface area contributed by atoms with Gasteiger partial charge in [-0.05, 0) is 41.5 Å². The van der Waals surface area contributed by atoms with Crippen LogP contribution >= 0.6 is 0 Å². The fourth-order valence-electron chi connectivity index (χ4n) is 5.65. The van der Waals surface area contributed by atoms with Crippen LogP contribution in [0.4, 0.5) is 4.79 Å². The quantitative estimate of drug-likeness (QED) is 0.347. The minimum atomic E-state index is -3.60. The Bertz CT molecular complexity index is 1650. The van der Waals surface area contributed by atoms with Crippen LogP contribution in [-0.4, -0.2) is 94.3 Å². The molecule has 5 rings (SSSR count). The van der Waals surface area contributed by atoms with Crippen LogP contribution in [0.25, 0.3) is 0 Å². The number of sulfone groups is 1. The zero-order valence-corrected chi connectivity index (χ0v) is 25.1. The number of urea groups is 1. The third-order valence-corrected chi connectivity index (χ3v) is 8.82. The van der Waals surface area contributed by atoms with Crippen LogP contribution in [0.15, 0.2) is 90.5 Å². The maximum Gasteiger partial charge on any atom is 0.334 e. The predicted molar refractivity (Wildman–Crippen MR) is 161 cm³/mol. The number of nitrogens with zero attached hydrogens (tertiary/aromatic N) is 5. The van der Waals surface area contributed by atoms with Crippen molar-refractivity contribution in [3.8, 4) is 5.75 Å². The summed E-state index contributed by atoms with van der Waals surface area (Å²) in [6, 6.07) is 16.7. The molecule has 3 aromatic rings. The Hall–Kier alpha value is -4.75. The number of aromatic nitrogens is 1. The normalized spacial score (nSPS) is 19.1. The molecule has 0 radical (unpaired) electrons. The van der Waals surface area contributed by atoms with Crippen LogP contribution in [-0.2, 0) is 38.9 Å². The van der Waals surface area contributed by atoms with Gasteiger partial charge in [0, 0.05) is 32.0 Å². The average molecular weight is 619 g/mol. The van der Waals surface area contributed by atoms with Gasteiger partial charge in [0.25, 0.3) is 0 Å². The number of fused-ring (bicyclic) bond motifs is 1. The average Bonchev–Trinajstić information content (AvgIpc) is 2.99. The number of benzene rings is 2. The molecule has 230 valence electrons. The highest BCUT2D eigenvalue weighted by Crippen LogP contribution is 2.30. The largest absolute Gasteiger partial charge is 0.508 e. The first kappa shape index (κ1) is 30.7. The van der Waals surface area contributed by atoms with Crippen LogP contribution in [0.2, 0.25) is 0 Å². The lowest BCUT2D eigenvalue weighted by Gasteiger charge is -2.55. The van der Waals surface area contributed by atoms with E-state index < -0.39 is 28.1 Å². The van der Waals surface area contributed by atoms with Crippen molar-refractivity contribution in [3.63, 3.8) is 0 Å². The number of hydrogen-bond donors (Lipinski definition) is 2. The monoisotopic (exact) mass is 618 g/mol. The number of hydrogen-bond acceptors (Lipinski definition) is 8. The van der Waals surface area contributed by atoms with Gasteiger partial charge in [0.1, 0.15) is 18.0 Å². The van der Waals surface area contributed by atoms with Crippen LogP contribution in [0.3, 0.4) is 0 Å². The second kappa shape index (κ2) is 12.9. The van der Waals surface area contributed by atoms with Crippen LogP contribution in [0.5, 0.6) is 5.75 Å². The molecule has 44 heavy (non-hydrogen) atoms. The van der Waals surface area contributed by atoms with E-state index in [9.17, 15) is 27.9 Å². The maximum absolute atomic E-state index is 14.1. The second-order valence-electron chi connectivity index (χ2n) is 10.7. The third kappa shape index (κ3) is 6.58. The molecule has 2 aliphatic rings. The van der Waals surface area contributed by atoms with E-state index in [1.165, 1.54) is 33.0 Å². The van der Waals surface area contributed by atoms with Crippen molar-refractivity contribution >= 4 is 27.7 Å². The lowest BCUT2D eigenvalue weighted by Crippen LogP contribution is -2.76. The third-order valence-electron chi connectivity index (χ3n) is 7.62. The summed E-state index contributed by atoms with van der Waals surface area (Å²) in [4.78, 5) is 49.0. The van der Waals surface area contributed by atoms with Crippen molar-refractivity contribution in [2.75, 3.05) is 25.9 Å². The van der Waals surface area contributed by atoms with Gasteiger partial charge in [-0.1, -0.05) is 42.5 Å². The fraction of sp³-hybridized carbons (Fsp3) is 0.290. The molecule has 2 atom stereocenters. The van der Waals surface area contributed by atoms with E-state index in [1.54, 1.807) is 59.7 Å². The molecule has 3 heterocycles. The van der Waals surface area contributed by atoms with Gasteiger partial charge in [0.2, 0.25) is 11.8 Å². The summed E-state index contributed by atoms with van der Waals surface area (Å²) in [5.41, 5.74) is 1.77. The fourth-order valence-corrected chi connectivity index (χ4v) is 6.59. The zero-order valence-electron chi connectivity index (χ0n) is 24.2. The van der Waals surface area contributed by atoms with E-state index in [-0.39, 0.29) is 61.6 Å². The number of rotatable bonds is 9. The standard InChI is InChI=1S/C31H34N6O6S/c1-3-16-35-21-29(39)36-26(17-22-11-13-25(38)14-12-22)30(40)34(19-23-8-4-5-10-27(23)44(2,42)43)20-28(36)37(35)31(41)33-18-24-9-6-7-15-32-24/h3-15,26,28,38H,1,16-21H2,2H3,(H,33,41)/t26-,28-/m0/s1. The molecule has 4 amide bonds. The first-order valence-electron chi connectivity index (χ1n) is 14.1. The highest BCUT2D eigenvalue weighted by molar-refractivity contribution is 7.90. The molecule has 2 fully saturated rings. The number of pyridine rings is 1. The molecule has 13 heteroatoms. The molecule has 0 bridgehead atoms. The summed E-state index contributed by atoms with van der Waals surface area (Å²) in [6.07, 6.45) is 3.55. The number of carbonyl (C=O) groups is 3. The molecule has 2 aromatic carbocycles. The summed E-state index contributed by atoms with van der Waals surface area (Å²) in [6.45, 7) is 3.86. The Morgan fingerprint density at radius 1 is 1.09 bits per heavy atom. The topological polar surface area (TPSA) is 143 Å². The number of nitrogens with one attached hydrogen (secondary N) is 1. The highest BCUT2D eigenvalue weighted by Gasteiger charge is 2.51. The van der Waals surface area contributed by atoms with E-state index >= 15 is 0 Å². The van der Waals surface area contributed by atoms with Crippen molar-refractivity contribution in [2.24, 2.45) is 0 Å². The van der Waals surface area contributed by atoms with Crippen molar-refractivity contribution in [1.82, 2.24) is 30.1 Å². The summed E-state index contributed by atoms with van der Waals surface area (Å²) in [5, 5.41) is 15.7. The molecular formula is C31H34N6O6S. The molecule has 0 aliphatic carbocycles. The molecule has 0 saturated carbocycles. The van der Waals surface area contributed by atoms with Crippen molar-refractivity contribution < 1.29 is 27.9 Å². The van der Waals surface area contributed by atoms with Gasteiger partial charge in [-0.15, -0.1) is 6.58 Å². The van der Waals surface area contributed by atoms with E-state index in [4.69, 9.17) is 0 Å². The first-order chi connectivity index (χ1) is 21.1. The van der Waals surface area contributed by atoms with Gasteiger partial charge in [0.05, 0.1) is 30.2 Å². The Morgan fingerprint density at radius 3 is 2.50 bits per heavy atom. The van der Waals surface area contributed by atoms with Gasteiger partial charge in [-0.2, -0.15) is 0 Å². The highest BCUT2D eigenvalue weighted by atomic mass is 32.2. The Kier molecular flexibility index (Phi) is 8.97. The van der Waals surface area contributed by atoms with E-state index in [0.29, 0.717) is 16.8 Å². The minimum Gasteiger partial charge on any atom is -0.508 e. The van der Waals surface area contributed by atoms with E-state index in [1.807, 2.05) is 6.07 Å². The van der Waals surface area contributed by atoms with Crippen molar-refractivity contribution in [2.45, 2.75) is 36.6 Å². The lowest BCUT2D eigenvalue weighted by atomic mass is 9.98. The van der Waals surface area contributed by atoms with Crippen LogP contribution in [0.1, 0.15) is 16.8 Å². The summed E-state index contributed by atoms with van der Waals surface area (Å²) in [5.74, 6) is -0.651. The minimum absolute atomic E-state index is 0.0441. The Balaban J connectivity index is 1.53. The number of piperazine rings is 1. The van der Waals surface area contributed by atoms with Gasteiger partial charge >= 0.3 is 6.03 Å². The predicted octanol–water partition coefficient (Wildman–Crippen LogP) is 1.93. The summed E-state index contributed by atoms with van der Waals surface area (Å²) in [7, 11) is -3.60. The van der Waals surface area contributed by atoms with Gasteiger partial charge < -0.3 is 20.2 Å². The van der Waals surface area contributed by atoms with Crippen LogP contribution < -0.4 is 5.32 Å². The molecular weight excluding hydrogens is 584 g/mol. The maximum atomic E-state index is 14.1. The van der Waals surface area contributed by atoms with Crippen molar-refractivity contribution in [1.29, 1.82) is 0 Å². The first-order valence-corrected chi connectivity index (χ1v) is 15.9. The molecule has 1 aromatic heterocycles. The number of phenolic OH excluding ortho intramolecular Hbond substituents is 1. The van der Waals surface area contributed by atoms with Crippen molar-refractivity contribution in [3.05, 3.63) is 102 Å². The second-order valence-corrected chi connectivity index (χ2v) is 12.7. The summed E-state index contributed by atoms with van der Waals surface area (Å²) < 4.78 is 25.1. The number of aromatic hydroxyl groups is 1. The molecule has 12 nitrogen and oxygen atoms in total. The van der Waals surface area contributed by atoms with E-state index in [2.05, 4.69) is 16.9 Å². The van der Waals surface area contributed by atoms with Gasteiger partial charge in [-0.25, -0.2) is 23.2 Å². The smallest absolute Gasteiger partial charge is 0.334 e. The summed E-state index contributed by atoms with van der Waals surface area (Å²) >= 11 is 0. The molecule has 2 saturated heterocycles. The van der Waals surface area contributed by atoms with Gasteiger partial charge in [-0.3, -0.25) is 14.6 Å². The number of phenols is 1. The Morgan fingerprint density at radius 2 is 1.82 bits per heavy atom. The zero-order chi connectivity index (χ0) is 31.4. The lowest BCUT2D eigenvalue weighted by molar-refractivity contribution is -0.189. The number of hydrazine groups is 1. The van der Waals surface area contributed by atoms with Crippen LogP contribution in [0, 0.1) is 0 Å². The molecule has 2 aliphatic heterocycles. The Labute approximate surface area is 256 Å². The van der Waals surface area contributed by atoms with E-state index in [0.717, 1.165) is 6.26 Å². The molecule has 0 unspecified atom stereocenters. The number of carbonyl (C=O) groups excluding carboxylic acids is 3.